The summed E-state index contributed by atoms with van der Waals surface area (Å²) in [7, 11) is 1.55. The number of nitrogens with zero attached hydrogens (tertiary/aromatic N) is 3. The Morgan fingerprint density at radius 2 is 1.79 bits per heavy atom. The van der Waals surface area contributed by atoms with Crippen molar-refractivity contribution in [1.29, 1.82) is 0 Å². The van der Waals surface area contributed by atoms with Crippen LogP contribution in [0.2, 0.25) is 0 Å². The molecule has 1 aliphatic carbocycles. The van der Waals surface area contributed by atoms with Crippen molar-refractivity contribution in [3.05, 3.63) is 69.1 Å². The third-order valence-corrected chi connectivity index (χ3v) is 8.04. The first kappa shape index (κ1) is 31.4. The summed E-state index contributed by atoms with van der Waals surface area (Å²) in [5.74, 6) is -0.453. The number of carbonyl (C=O) groups excluding carboxylic acids is 1. The van der Waals surface area contributed by atoms with E-state index in [-0.39, 0.29) is 23.1 Å². The van der Waals surface area contributed by atoms with Gasteiger partial charge in [0.15, 0.2) is 12.1 Å². The van der Waals surface area contributed by atoms with Gasteiger partial charge in [-0.1, -0.05) is 37.5 Å². The van der Waals surface area contributed by atoms with Crippen molar-refractivity contribution in [1.82, 2.24) is 14.3 Å². The van der Waals surface area contributed by atoms with Crippen LogP contribution < -0.4 is 15.7 Å². The fraction of sp³-hybridized carbons (Fsp3) is 0.531. The minimum Gasteiger partial charge on any atom is -0.490 e. The van der Waals surface area contributed by atoms with Gasteiger partial charge in [0.05, 0.1) is 11.7 Å². The largest absolute Gasteiger partial charge is 0.490 e. The van der Waals surface area contributed by atoms with E-state index >= 15 is 4.39 Å². The summed E-state index contributed by atoms with van der Waals surface area (Å²) in [4.78, 5) is 26.9. The molecule has 3 unspecified atom stereocenters. The van der Waals surface area contributed by atoms with Crippen LogP contribution >= 0.6 is 0 Å². The number of para-hydroxylation sites is 1. The number of anilines is 1. The molecule has 1 saturated carbocycles. The van der Waals surface area contributed by atoms with Crippen LogP contribution in [0.25, 0.3) is 5.69 Å². The molecule has 1 fully saturated rings. The molecule has 0 radical (unpaired) electrons. The predicted octanol–water partition coefficient (Wildman–Crippen LogP) is 6.39. The average molecular weight is 583 g/mol. The second kappa shape index (κ2) is 13.6. The lowest BCUT2D eigenvalue weighted by Gasteiger charge is -2.29. The van der Waals surface area contributed by atoms with Gasteiger partial charge in [-0.15, -0.1) is 5.10 Å². The van der Waals surface area contributed by atoms with Crippen LogP contribution in [-0.2, 0) is 16.5 Å². The molecule has 3 aromatic rings. The van der Waals surface area contributed by atoms with Crippen molar-refractivity contribution in [2.75, 3.05) is 11.9 Å². The Kier molecular flexibility index (Phi) is 10.2. The molecule has 4 rings (SSSR count). The van der Waals surface area contributed by atoms with Gasteiger partial charge in [-0.2, -0.15) is 4.68 Å². The maximum atomic E-state index is 15.8. The fourth-order valence-electron chi connectivity index (χ4n) is 5.66. The van der Waals surface area contributed by atoms with E-state index in [0.717, 1.165) is 47.6 Å². The van der Waals surface area contributed by atoms with Crippen LogP contribution in [0.3, 0.4) is 0 Å². The molecule has 9 nitrogen and oxygen atoms in total. The van der Waals surface area contributed by atoms with Gasteiger partial charge in [0.25, 0.3) is 5.91 Å². The summed E-state index contributed by atoms with van der Waals surface area (Å²) < 4.78 is 35.8. The molecule has 0 aliphatic heterocycles. The Hall–Kier alpha value is -3.50. The first-order valence-corrected chi connectivity index (χ1v) is 14.8. The lowest BCUT2D eigenvalue weighted by molar-refractivity contribution is -0.156. The molecule has 0 spiro atoms. The zero-order valence-electron chi connectivity index (χ0n) is 25.7. The van der Waals surface area contributed by atoms with Gasteiger partial charge in [-0.3, -0.25) is 9.36 Å². The number of hydrogen-bond donors (Lipinski definition) is 1. The summed E-state index contributed by atoms with van der Waals surface area (Å²) >= 11 is 0. The molecular formula is C32H43FN4O5. The predicted molar refractivity (Wildman–Crippen MR) is 160 cm³/mol. The van der Waals surface area contributed by atoms with E-state index in [1.165, 1.54) is 17.1 Å². The Bertz CT molecular complexity index is 1440. The van der Waals surface area contributed by atoms with E-state index in [0.29, 0.717) is 24.0 Å². The van der Waals surface area contributed by atoms with Crippen molar-refractivity contribution in [2.24, 2.45) is 13.0 Å². The molecule has 228 valence electrons. The van der Waals surface area contributed by atoms with Gasteiger partial charge < -0.3 is 19.5 Å². The minimum absolute atomic E-state index is 0.0491. The highest BCUT2D eigenvalue weighted by molar-refractivity contribution is 6.07. The zero-order chi connectivity index (χ0) is 30.6. The molecule has 1 N–H and O–H groups in total. The van der Waals surface area contributed by atoms with Gasteiger partial charge in [0, 0.05) is 25.4 Å². The van der Waals surface area contributed by atoms with Crippen LogP contribution in [-0.4, -0.2) is 39.3 Å². The number of hydrogen-bond acceptors (Lipinski definition) is 6. The van der Waals surface area contributed by atoms with Crippen LogP contribution in [0.1, 0.15) is 93.2 Å². The van der Waals surface area contributed by atoms with Crippen LogP contribution in [0, 0.1) is 25.6 Å². The SMILES string of the molecule is CCOC(C)OC(C)c1nn(-c2cc(OC(C)C3CCCCC3)c(C(=O)Nc3c(C)cccc3C)cc2F)c(=O)n1C. The van der Waals surface area contributed by atoms with E-state index in [9.17, 15) is 9.59 Å². The monoisotopic (exact) mass is 582 g/mol. The quantitative estimate of drug-likeness (QED) is 0.263. The maximum absolute atomic E-state index is 15.8. The summed E-state index contributed by atoms with van der Waals surface area (Å²) in [6.07, 6.45) is 4.18. The number of aryl methyl sites for hydroxylation is 2. The third-order valence-electron chi connectivity index (χ3n) is 8.04. The first-order chi connectivity index (χ1) is 20.0. The highest BCUT2D eigenvalue weighted by Gasteiger charge is 2.27. The van der Waals surface area contributed by atoms with Gasteiger partial charge in [0.2, 0.25) is 0 Å². The summed E-state index contributed by atoms with van der Waals surface area (Å²) in [6.45, 7) is 11.6. The van der Waals surface area contributed by atoms with Gasteiger partial charge in [-0.05, 0) is 77.5 Å². The highest BCUT2D eigenvalue weighted by atomic mass is 19.1. The van der Waals surface area contributed by atoms with E-state index in [2.05, 4.69) is 10.4 Å². The topological polar surface area (TPSA) is 96.6 Å². The molecule has 2 aromatic carbocycles. The van der Waals surface area contributed by atoms with Gasteiger partial charge >= 0.3 is 5.69 Å². The van der Waals surface area contributed by atoms with Crippen LogP contribution in [0.5, 0.6) is 5.75 Å². The molecule has 42 heavy (non-hydrogen) atoms. The number of benzene rings is 2. The van der Waals surface area contributed by atoms with Crippen molar-refractivity contribution in [3.8, 4) is 11.4 Å². The Balaban J connectivity index is 1.74. The molecule has 0 bridgehead atoms. The Morgan fingerprint density at radius 3 is 2.43 bits per heavy atom. The minimum atomic E-state index is -0.776. The first-order valence-electron chi connectivity index (χ1n) is 14.8. The van der Waals surface area contributed by atoms with Gasteiger partial charge in [-0.25, -0.2) is 9.18 Å². The van der Waals surface area contributed by atoms with Crippen molar-refractivity contribution < 1.29 is 23.4 Å². The number of carbonyl (C=O) groups is 1. The maximum Gasteiger partial charge on any atom is 0.350 e. The summed E-state index contributed by atoms with van der Waals surface area (Å²) in [5.41, 5.74) is 1.83. The molecule has 0 saturated heterocycles. The standard InChI is InChI=1S/C32H43FN4O5/c1-8-40-23(6)41-22(5)30-35-37(32(39)36(30)7)27-18-28(42-21(4)24-15-10-9-11-16-24)25(17-26(27)33)31(38)34-29-19(2)13-12-14-20(29)3/h12-14,17-18,21-24H,8-11,15-16H2,1-7H3,(H,34,38). The smallest absolute Gasteiger partial charge is 0.350 e. The molecule has 1 aliphatic rings. The molecule has 1 heterocycles. The zero-order valence-corrected chi connectivity index (χ0v) is 25.7. The molecule has 1 aromatic heterocycles. The third kappa shape index (κ3) is 6.93. The number of nitrogens with one attached hydrogen (secondary N) is 1. The van der Waals surface area contributed by atoms with Crippen molar-refractivity contribution >= 4 is 11.6 Å². The normalized spacial score (nSPS) is 16.2. The van der Waals surface area contributed by atoms with Crippen molar-refractivity contribution in [2.45, 2.75) is 92.1 Å². The number of aromatic nitrogens is 3. The van der Waals surface area contributed by atoms with Crippen LogP contribution in [0.4, 0.5) is 10.1 Å². The van der Waals surface area contributed by atoms with E-state index in [4.69, 9.17) is 14.2 Å². The van der Waals surface area contributed by atoms with E-state index in [1.807, 2.05) is 45.9 Å². The summed E-state index contributed by atoms with van der Waals surface area (Å²) in [5, 5.41) is 7.36. The van der Waals surface area contributed by atoms with E-state index in [1.54, 1.807) is 20.9 Å². The van der Waals surface area contributed by atoms with E-state index < -0.39 is 29.8 Å². The molecule has 10 heteroatoms. The lowest BCUT2D eigenvalue weighted by Crippen LogP contribution is -2.28. The average Bonchev–Trinajstić information content (AvgIpc) is 3.25. The number of halogens is 1. The van der Waals surface area contributed by atoms with Crippen molar-refractivity contribution in [3.63, 3.8) is 0 Å². The second-order valence-corrected chi connectivity index (χ2v) is 11.2. The molecule has 1 amide bonds. The number of amides is 1. The Morgan fingerprint density at radius 1 is 1.12 bits per heavy atom. The number of ether oxygens (including phenoxy) is 3. The summed E-state index contributed by atoms with van der Waals surface area (Å²) in [6, 6.07) is 8.25. The van der Waals surface area contributed by atoms with Gasteiger partial charge in [0.1, 0.15) is 23.4 Å². The number of rotatable bonds is 11. The molecule has 3 atom stereocenters. The van der Waals surface area contributed by atoms with Crippen LogP contribution in [0.15, 0.2) is 35.1 Å². The molecular weight excluding hydrogens is 539 g/mol. The second-order valence-electron chi connectivity index (χ2n) is 11.2. The lowest BCUT2D eigenvalue weighted by atomic mass is 9.86. The Labute approximate surface area is 247 Å². The highest BCUT2D eigenvalue weighted by Crippen LogP contribution is 2.33. The fourth-order valence-corrected chi connectivity index (χ4v) is 5.66.